The third-order valence-electron chi connectivity index (χ3n) is 10.3. The molecule has 9 atom stereocenters. The van der Waals surface area contributed by atoms with Crippen molar-refractivity contribution in [2.45, 2.75) is 98.3 Å². The minimum atomic E-state index is -1.95. The third-order valence-corrected chi connectivity index (χ3v) is 10.3. The minimum Gasteiger partial charge on any atom is -0.507 e. The van der Waals surface area contributed by atoms with Gasteiger partial charge >= 0.3 is 5.79 Å². The highest BCUT2D eigenvalue weighted by molar-refractivity contribution is 6.30. The van der Waals surface area contributed by atoms with E-state index in [1.165, 1.54) is 33.1 Å². The number of Topliss-reactive ketones (excluding diaryl/α,β-unsaturated/α-hetero) is 2. The lowest BCUT2D eigenvalue weighted by molar-refractivity contribution is -0.341. The zero-order chi connectivity index (χ0) is 37.0. The number of hydrogen-bond acceptors (Lipinski definition) is 11. The first-order chi connectivity index (χ1) is 23.3. The van der Waals surface area contributed by atoms with Crippen LogP contribution in [0.3, 0.4) is 0 Å². The van der Waals surface area contributed by atoms with Crippen LogP contribution in [0.25, 0.3) is 0 Å². The van der Waals surface area contributed by atoms with Gasteiger partial charge in [0, 0.05) is 54.9 Å². The van der Waals surface area contributed by atoms with Crippen LogP contribution in [-0.2, 0) is 23.7 Å². The van der Waals surface area contributed by atoms with Gasteiger partial charge in [-0.25, -0.2) is 0 Å². The number of amides is 1. The summed E-state index contributed by atoms with van der Waals surface area (Å²) in [7, 11) is 1.55. The quantitative estimate of drug-likeness (QED) is 0.368. The highest BCUT2D eigenvalue weighted by Gasteiger charge is 2.52. The lowest BCUT2D eigenvalue weighted by Crippen LogP contribution is -2.57. The molecule has 7 bridgehead atoms. The number of methoxy groups -OCH3 is 1. The van der Waals surface area contributed by atoms with Crippen LogP contribution in [0.1, 0.15) is 92.0 Å². The molecule has 5 aliphatic rings. The van der Waals surface area contributed by atoms with Crippen molar-refractivity contribution in [2.75, 3.05) is 7.11 Å². The first kappa shape index (κ1) is 37.2. The molecule has 6 rings (SSSR count). The van der Waals surface area contributed by atoms with E-state index in [0.29, 0.717) is 0 Å². The predicted molar refractivity (Wildman–Crippen MR) is 182 cm³/mol. The molecule has 1 amide bonds. The van der Waals surface area contributed by atoms with E-state index >= 15 is 0 Å². The summed E-state index contributed by atoms with van der Waals surface area (Å²) in [5.41, 5.74) is -1.02. The van der Waals surface area contributed by atoms with Gasteiger partial charge in [-0.1, -0.05) is 45.9 Å². The van der Waals surface area contributed by atoms with Crippen LogP contribution in [0.15, 0.2) is 47.9 Å². The molecule has 0 unspecified atom stereocenters. The Labute approximate surface area is 292 Å². The van der Waals surface area contributed by atoms with E-state index in [4.69, 9.17) is 23.7 Å². The Bertz CT molecular complexity index is 1740. The number of nitrogens with one attached hydrogen (secondary N) is 1. The number of aromatic hydroxyl groups is 1. The maximum Gasteiger partial charge on any atom is 0.312 e. The molecule has 270 valence electrons. The summed E-state index contributed by atoms with van der Waals surface area (Å²) in [5.74, 6) is -7.64. The number of rotatable bonds is 1. The molecule has 50 heavy (non-hydrogen) atoms. The van der Waals surface area contributed by atoms with Gasteiger partial charge in [-0.3, -0.25) is 19.2 Å². The molecule has 1 aromatic carbocycles. The summed E-state index contributed by atoms with van der Waals surface area (Å²) in [6.45, 7) is 15.8. The number of aliphatic hydroxyl groups is 1. The van der Waals surface area contributed by atoms with Gasteiger partial charge in [-0.15, -0.1) is 0 Å². The molecule has 4 aliphatic heterocycles. The summed E-state index contributed by atoms with van der Waals surface area (Å²) in [5, 5.41) is 25.0. The molecule has 0 saturated carbocycles. The molecule has 1 saturated heterocycles. The molecule has 4 heterocycles. The number of aliphatic hydroxyl groups excluding tert-OH is 1. The van der Waals surface area contributed by atoms with E-state index in [0.717, 1.165) is 6.08 Å². The van der Waals surface area contributed by atoms with E-state index < -0.39 is 58.4 Å². The van der Waals surface area contributed by atoms with Crippen molar-refractivity contribution < 1.29 is 53.1 Å². The minimum absolute atomic E-state index is 0.0561. The summed E-state index contributed by atoms with van der Waals surface area (Å²) in [6.07, 6.45) is 6.66. The van der Waals surface area contributed by atoms with Crippen LogP contribution < -0.4 is 10.1 Å². The number of benzene rings is 1. The number of carbonyl (C=O) groups excluding carboxylic acids is 4. The van der Waals surface area contributed by atoms with Crippen LogP contribution in [0.4, 0.5) is 0 Å². The average molecular weight is 694 g/mol. The normalized spacial score (nSPS) is 34.5. The van der Waals surface area contributed by atoms with Crippen molar-refractivity contribution in [3.8, 4) is 11.5 Å². The van der Waals surface area contributed by atoms with Gasteiger partial charge in [-0.05, 0) is 33.8 Å². The second-order valence-corrected chi connectivity index (χ2v) is 14.4. The number of ether oxygens (including phenoxy) is 5. The van der Waals surface area contributed by atoms with E-state index in [1.807, 2.05) is 41.5 Å². The highest BCUT2D eigenvalue weighted by atomic mass is 16.7. The van der Waals surface area contributed by atoms with Crippen LogP contribution in [-0.4, -0.2) is 76.6 Å². The van der Waals surface area contributed by atoms with Crippen LogP contribution >= 0.6 is 0 Å². The number of allylic oxidation sites excluding steroid dienone is 4. The molecule has 12 nitrogen and oxygen atoms in total. The van der Waals surface area contributed by atoms with Gasteiger partial charge < -0.3 is 39.2 Å². The van der Waals surface area contributed by atoms with Crippen molar-refractivity contribution in [1.29, 1.82) is 0 Å². The van der Waals surface area contributed by atoms with Gasteiger partial charge in [0.05, 0.1) is 53.1 Å². The number of carbonyl (C=O) groups is 4. The number of hydrogen-bond donors (Lipinski definition) is 3. The lowest BCUT2D eigenvalue weighted by atomic mass is 9.77. The Balaban J connectivity index is 1.59. The molecular formula is C38H47NO11. The maximum absolute atomic E-state index is 13.9. The van der Waals surface area contributed by atoms with Gasteiger partial charge in [0.2, 0.25) is 5.78 Å². The van der Waals surface area contributed by atoms with Crippen molar-refractivity contribution in [1.82, 2.24) is 5.32 Å². The molecule has 0 aromatic heterocycles. The average Bonchev–Trinajstić information content (AvgIpc) is 3.32. The van der Waals surface area contributed by atoms with E-state index in [1.54, 1.807) is 25.3 Å². The van der Waals surface area contributed by atoms with Crippen LogP contribution in [0, 0.1) is 30.6 Å². The second-order valence-electron chi connectivity index (χ2n) is 14.4. The number of ketones is 3. The molecule has 12 heteroatoms. The smallest absolute Gasteiger partial charge is 0.312 e. The van der Waals surface area contributed by atoms with Crippen molar-refractivity contribution >= 4 is 23.3 Å². The van der Waals surface area contributed by atoms with E-state index in [9.17, 15) is 29.4 Å². The van der Waals surface area contributed by atoms with Crippen LogP contribution in [0.5, 0.6) is 11.5 Å². The Morgan fingerprint density at radius 3 is 2.16 bits per heavy atom. The standard InChI is InChI=1S/C38H47NO11/c1-17-12-11-13-18(2)36(45)39-23-16-24(40)26-27(31(23)43)30(42)21(5)34-28(26)35(44)38(9,50-34)47-15-14-25(46-10)19(3)32-22(6)33(20(4)29(17)41)49-37(7,8)48-32/h11-17,19-20,22,25,29,32-33,41-42H,1-10H3,(H,39,45)/t17-,19+,20-,22-,25+,29-,32-,33+,38-/m0/s1. The molecule has 1 aromatic rings. The van der Waals surface area contributed by atoms with Crippen molar-refractivity contribution in [2.24, 2.45) is 23.7 Å². The number of phenolic OH excluding ortho intramolecular Hbond substituents is 1. The summed E-state index contributed by atoms with van der Waals surface area (Å²) >= 11 is 0. The molecule has 1 aliphatic carbocycles. The van der Waals surface area contributed by atoms with E-state index in [-0.39, 0.29) is 69.6 Å². The van der Waals surface area contributed by atoms with Gasteiger partial charge in [0.25, 0.3) is 11.7 Å². The van der Waals surface area contributed by atoms with Crippen molar-refractivity contribution in [3.63, 3.8) is 0 Å². The Morgan fingerprint density at radius 1 is 0.880 bits per heavy atom. The first-order valence-corrected chi connectivity index (χ1v) is 16.8. The Kier molecular flexibility index (Phi) is 10.1. The van der Waals surface area contributed by atoms with Gasteiger partial charge in [0.1, 0.15) is 11.5 Å². The lowest BCUT2D eigenvalue weighted by Gasteiger charge is -2.50. The molecule has 0 spiro atoms. The monoisotopic (exact) mass is 693 g/mol. The topological polar surface area (TPSA) is 167 Å². The first-order valence-electron chi connectivity index (χ1n) is 16.8. The second kappa shape index (κ2) is 13.6. The summed E-state index contributed by atoms with van der Waals surface area (Å²) in [6, 6.07) is 0. The van der Waals surface area contributed by atoms with Gasteiger partial charge in [0.15, 0.2) is 11.6 Å². The van der Waals surface area contributed by atoms with E-state index in [2.05, 4.69) is 5.32 Å². The fourth-order valence-electron chi connectivity index (χ4n) is 7.31. The summed E-state index contributed by atoms with van der Waals surface area (Å²) < 4.78 is 30.6. The zero-order valence-corrected chi connectivity index (χ0v) is 30.2. The fraction of sp³-hybridized carbons (Fsp3) is 0.526. The SMILES string of the molecule is CO[C@@H]1C=CO[C@@]2(C)Oc3c(C)c(O)c4c(c3C2=O)C(=O)C=C(NC(=O)C(C)=CC=C[C@H](C)[C@H](O)[C@H](C)[C@H]2OC(C)(C)O[C@H]([C@@H]2C)[C@@H]1C)C4=O. The van der Waals surface area contributed by atoms with Crippen molar-refractivity contribution in [3.05, 3.63) is 70.2 Å². The largest absolute Gasteiger partial charge is 0.507 e. The Morgan fingerprint density at radius 2 is 1.52 bits per heavy atom. The predicted octanol–water partition coefficient (Wildman–Crippen LogP) is 4.86. The van der Waals surface area contributed by atoms with Gasteiger partial charge in [-0.2, -0.15) is 0 Å². The highest BCUT2D eigenvalue weighted by Crippen LogP contribution is 2.48. The summed E-state index contributed by atoms with van der Waals surface area (Å²) in [4.78, 5) is 54.2. The Hall–Kier alpha value is -4.10. The fourth-order valence-corrected chi connectivity index (χ4v) is 7.31. The molecule has 0 radical (unpaired) electrons. The molecule has 1 fully saturated rings. The third kappa shape index (κ3) is 6.45. The molecular weight excluding hydrogens is 646 g/mol. The maximum atomic E-state index is 13.9. The number of fused-ring (bicyclic) bond motifs is 10. The van der Waals surface area contributed by atoms with Crippen LogP contribution in [0.2, 0.25) is 0 Å². The zero-order valence-electron chi connectivity index (χ0n) is 30.2. The number of phenols is 1. The molecule has 3 N–H and O–H groups in total.